The van der Waals surface area contributed by atoms with E-state index in [1.807, 2.05) is 6.92 Å². The Morgan fingerprint density at radius 2 is 1.47 bits per heavy atom. The molecule has 0 aliphatic carbocycles. The molecule has 0 aliphatic rings. The fourth-order valence-electron chi connectivity index (χ4n) is 2.74. The fourth-order valence-corrected chi connectivity index (χ4v) is 5.75. The van der Waals surface area contributed by atoms with Crippen molar-refractivity contribution in [1.82, 2.24) is 0 Å². The Balaban J connectivity index is 5.10. The van der Waals surface area contributed by atoms with E-state index < -0.39 is 8.32 Å². The third-order valence-corrected chi connectivity index (χ3v) is 9.51. The van der Waals surface area contributed by atoms with Gasteiger partial charge >= 0.3 is 0 Å². The van der Waals surface area contributed by atoms with Crippen LogP contribution in [0.1, 0.15) is 61.3 Å². The van der Waals surface area contributed by atoms with Crippen LogP contribution in [-0.2, 0) is 9.22 Å². The molecule has 0 fully saturated rings. The van der Waals surface area contributed by atoms with Crippen molar-refractivity contribution in [3.8, 4) is 0 Å². The van der Waals surface area contributed by atoms with Crippen molar-refractivity contribution in [1.29, 1.82) is 0 Å². The third-order valence-electron chi connectivity index (χ3n) is 4.87. The molecule has 0 heterocycles. The van der Waals surface area contributed by atoms with Crippen molar-refractivity contribution in [2.75, 3.05) is 0 Å². The first-order chi connectivity index (χ1) is 8.91. The van der Waals surface area contributed by atoms with Gasteiger partial charge in [-0.25, -0.2) is 0 Å². The molecule has 2 nitrogen and oxygen atoms in total. The number of carbonyl (C=O) groups is 1. The Kier molecular flexibility index (Phi) is 8.84. The summed E-state index contributed by atoms with van der Waals surface area (Å²) in [6.45, 7) is 15.2. The summed E-state index contributed by atoms with van der Waals surface area (Å²) >= 11 is 0. The first kappa shape index (κ1) is 18.8. The Hall–Kier alpha value is -0.153. The minimum absolute atomic E-state index is 0.0384. The maximum atomic E-state index is 12.1. The van der Waals surface area contributed by atoms with E-state index >= 15 is 0 Å². The molecular weight excluding hydrogens is 252 g/mol. The monoisotopic (exact) mass is 286 g/mol. The zero-order valence-electron chi connectivity index (χ0n) is 14.1. The van der Waals surface area contributed by atoms with Gasteiger partial charge in [0.2, 0.25) is 0 Å². The zero-order chi connectivity index (χ0) is 15.1. The van der Waals surface area contributed by atoms with Gasteiger partial charge in [0, 0.05) is 12.3 Å². The van der Waals surface area contributed by atoms with Crippen LogP contribution in [0.2, 0.25) is 18.1 Å². The number of carbonyl (C=O) groups excluding carboxylic acids is 1. The Labute approximate surface area is 121 Å². The lowest BCUT2D eigenvalue weighted by atomic mass is 9.88. The molecule has 3 heteroatoms. The molecule has 3 atom stereocenters. The molecular formula is C16H34O2Si. The van der Waals surface area contributed by atoms with E-state index in [1.165, 1.54) is 0 Å². The number of ketones is 1. The van der Waals surface area contributed by atoms with Gasteiger partial charge in [0.15, 0.2) is 8.32 Å². The van der Waals surface area contributed by atoms with Gasteiger partial charge in [-0.05, 0) is 24.1 Å². The summed E-state index contributed by atoms with van der Waals surface area (Å²) in [5.74, 6) is 0.843. The Bertz CT molecular complexity index is 253. The Morgan fingerprint density at radius 3 is 1.79 bits per heavy atom. The average Bonchev–Trinajstić information content (AvgIpc) is 2.47. The van der Waals surface area contributed by atoms with Gasteiger partial charge in [-0.1, -0.05) is 54.9 Å². The molecule has 0 aliphatic heterocycles. The number of rotatable bonds is 10. The standard InChI is InChI=1S/C16H34O2Si/c1-8-13(6)16(14(7)15(17)9-2)18-19(10-3,11-4)12-5/h13-14,16H,8-12H2,1-7H3/t13-,14-,16-/m0/s1. The SMILES string of the molecule is CCC(=O)[C@H](C)[C@@H](O[Si](CC)(CC)CC)[C@@H](C)CC. The second-order valence-electron chi connectivity index (χ2n) is 5.82. The third kappa shape index (κ3) is 5.03. The van der Waals surface area contributed by atoms with Gasteiger partial charge in [-0.15, -0.1) is 0 Å². The maximum Gasteiger partial charge on any atom is 0.192 e. The molecule has 0 saturated heterocycles. The van der Waals surface area contributed by atoms with Crippen LogP contribution in [0.4, 0.5) is 0 Å². The van der Waals surface area contributed by atoms with E-state index in [9.17, 15) is 4.79 Å². The van der Waals surface area contributed by atoms with Crippen LogP contribution in [0.25, 0.3) is 0 Å². The van der Waals surface area contributed by atoms with E-state index in [2.05, 4.69) is 41.5 Å². The van der Waals surface area contributed by atoms with Crippen LogP contribution in [0.3, 0.4) is 0 Å². The summed E-state index contributed by atoms with van der Waals surface area (Å²) in [7, 11) is -1.63. The summed E-state index contributed by atoms with van der Waals surface area (Å²) < 4.78 is 6.64. The van der Waals surface area contributed by atoms with E-state index in [4.69, 9.17) is 4.43 Å². The van der Waals surface area contributed by atoms with Crippen LogP contribution in [0, 0.1) is 11.8 Å². The minimum atomic E-state index is -1.63. The predicted molar refractivity (Wildman–Crippen MR) is 86.0 cm³/mol. The van der Waals surface area contributed by atoms with Crippen LogP contribution >= 0.6 is 0 Å². The average molecular weight is 287 g/mol. The zero-order valence-corrected chi connectivity index (χ0v) is 15.1. The highest BCUT2D eigenvalue weighted by molar-refractivity contribution is 6.73. The highest BCUT2D eigenvalue weighted by Gasteiger charge is 2.37. The molecule has 19 heavy (non-hydrogen) atoms. The molecule has 0 aromatic rings. The molecule has 0 radical (unpaired) electrons. The van der Waals surface area contributed by atoms with E-state index in [0.717, 1.165) is 24.6 Å². The van der Waals surface area contributed by atoms with Gasteiger partial charge in [-0.2, -0.15) is 0 Å². The summed E-state index contributed by atoms with van der Waals surface area (Å²) in [6.07, 6.45) is 1.81. The first-order valence-corrected chi connectivity index (χ1v) is 10.6. The molecule has 0 unspecified atom stereocenters. The lowest BCUT2D eigenvalue weighted by Gasteiger charge is -2.38. The number of hydrogen-bond donors (Lipinski definition) is 0. The van der Waals surface area contributed by atoms with Crippen LogP contribution in [-0.4, -0.2) is 20.2 Å². The van der Waals surface area contributed by atoms with Crippen molar-refractivity contribution < 1.29 is 9.22 Å². The van der Waals surface area contributed by atoms with Gasteiger partial charge < -0.3 is 4.43 Å². The van der Waals surface area contributed by atoms with E-state index in [0.29, 0.717) is 18.1 Å². The molecule has 0 bridgehead atoms. The van der Waals surface area contributed by atoms with Gasteiger partial charge in [0.1, 0.15) is 5.78 Å². The van der Waals surface area contributed by atoms with E-state index in [1.54, 1.807) is 0 Å². The molecule has 114 valence electrons. The molecule has 0 amide bonds. The largest absolute Gasteiger partial charge is 0.413 e. The summed E-state index contributed by atoms with van der Waals surface area (Å²) in [5, 5.41) is 0. The summed E-state index contributed by atoms with van der Waals surface area (Å²) in [5.41, 5.74) is 0. The minimum Gasteiger partial charge on any atom is -0.413 e. The quantitative estimate of drug-likeness (QED) is 0.526. The van der Waals surface area contributed by atoms with Crippen molar-refractivity contribution in [2.24, 2.45) is 11.8 Å². The maximum absolute atomic E-state index is 12.1. The topological polar surface area (TPSA) is 26.3 Å². The van der Waals surface area contributed by atoms with Gasteiger partial charge in [0.25, 0.3) is 0 Å². The van der Waals surface area contributed by atoms with Gasteiger partial charge in [0.05, 0.1) is 6.10 Å². The van der Waals surface area contributed by atoms with Crippen LogP contribution in [0.15, 0.2) is 0 Å². The smallest absolute Gasteiger partial charge is 0.192 e. The molecule has 0 spiro atoms. The lowest BCUT2D eigenvalue weighted by molar-refractivity contribution is -0.126. The van der Waals surface area contributed by atoms with Crippen LogP contribution in [0.5, 0.6) is 0 Å². The number of hydrogen-bond acceptors (Lipinski definition) is 2. The molecule has 0 N–H and O–H groups in total. The molecule has 0 rings (SSSR count). The summed E-state index contributed by atoms with van der Waals surface area (Å²) in [6, 6.07) is 3.46. The number of Topliss-reactive ketones (excluding diaryl/α,β-unsaturated/α-hetero) is 1. The normalized spacial score (nSPS) is 17.0. The second kappa shape index (κ2) is 8.91. The Morgan fingerprint density at radius 1 is 1.00 bits per heavy atom. The van der Waals surface area contributed by atoms with E-state index in [-0.39, 0.29) is 12.0 Å². The first-order valence-electron chi connectivity index (χ1n) is 8.11. The highest BCUT2D eigenvalue weighted by Crippen LogP contribution is 2.30. The molecule has 0 saturated carbocycles. The van der Waals surface area contributed by atoms with Crippen molar-refractivity contribution >= 4 is 14.1 Å². The van der Waals surface area contributed by atoms with Crippen LogP contribution < -0.4 is 0 Å². The van der Waals surface area contributed by atoms with Crippen molar-refractivity contribution in [2.45, 2.75) is 85.5 Å². The summed E-state index contributed by atoms with van der Waals surface area (Å²) in [4.78, 5) is 12.1. The fraction of sp³-hybridized carbons (Fsp3) is 0.938. The molecule has 0 aromatic carbocycles. The predicted octanol–water partition coefficient (Wildman–Crippen LogP) is 5.04. The highest BCUT2D eigenvalue weighted by atomic mass is 28.4. The second-order valence-corrected chi connectivity index (χ2v) is 10.5. The molecule has 0 aromatic heterocycles. The lowest BCUT2D eigenvalue weighted by Crippen LogP contribution is -2.46. The van der Waals surface area contributed by atoms with Gasteiger partial charge in [-0.3, -0.25) is 4.79 Å². The van der Waals surface area contributed by atoms with Crippen molar-refractivity contribution in [3.63, 3.8) is 0 Å². The van der Waals surface area contributed by atoms with Crippen molar-refractivity contribution in [3.05, 3.63) is 0 Å².